The predicted molar refractivity (Wildman–Crippen MR) is 89.8 cm³/mol. The minimum Gasteiger partial charge on any atom is -0.368 e. The molecule has 1 heterocycles. The highest BCUT2D eigenvalue weighted by molar-refractivity contribution is 5.98. The van der Waals surface area contributed by atoms with Crippen LogP contribution in [0, 0.1) is 18.6 Å². The average molecular weight is 344 g/mol. The smallest absolute Gasteiger partial charge is 0.254 e. The number of likely N-dealkylation sites (tertiary alicyclic amines) is 1. The van der Waals surface area contributed by atoms with Gasteiger partial charge < -0.3 is 10.6 Å². The van der Waals surface area contributed by atoms with Crippen molar-refractivity contribution in [3.63, 3.8) is 0 Å². The van der Waals surface area contributed by atoms with Gasteiger partial charge in [-0.25, -0.2) is 8.78 Å². The zero-order valence-corrected chi connectivity index (χ0v) is 13.8. The second kappa shape index (κ2) is 6.63. The Hall–Kier alpha value is -2.76. The maximum Gasteiger partial charge on any atom is 0.254 e. The van der Waals surface area contributed by atoms with E-state index in [1.165, 1.54) is 35.2 Å². The molecule has 1 aliphatic rings. The van der Waals surface area contributed by atoms with Crippen LogP contribution in [0.3, 0.4) is 0 Å². The molecule has 0 saturated carbocycles. The van der Waals surface area contributed by atoms with E-state index in [4.69, 9.17) is 5.73 Å². The van der Waals surface area contributed by atoms with E-state index in [-0.39, 0.29) is 11.4 Å². The van der Waals surface area contributed by atoms with Gasteiger partial charge in [-0.2, -0.15) is 0 Å². The lowest BCUT2D eigenvalue weighted by atomic mass is 9.98. The molecule has 1 saturated heterocycles. The summed E-state index contributed by atoms with van der Waals surface area (Å²) in [5.74, 6) is -1.93. The third-order valence-electron chi connectivity index (χ3n) is 4.54. The quantitative estimate of drug-likeness (QED) is 0.930. The number of nitrogens with two attached hydrogens (primary N) is 1. The minimum atomic E-state index is -0.644. The second-order valence-corrected chi connectivity index (χ2v) is 6.21. The summed E-state index contributed by atoms with van der Waals surface area (Å²) in [6.07, 6.45) is 1.21. The summed E-state index contributed by atoms with van der Waals surface area (Å²) in [5.41, 5.74) is 6.95. The number of nitrogens with zero attached hydrogens (tertiary/aromatic N) is 1. The molecule has 1 fully saturated rings. The number of benzene rings is 2. The number of hydrogen-bond donors (Lipinski definition) is 1. The third-order valence-corrected chi connectivity index (χ3v) is 4.54. The van der Waals surface area contributed by atoms with Crippen molar-refractivity contribution in [2.24, 2.45) is 5.73 Å². The van der Waals surface area contributed by atoms with Crippen LogP contribution in [0.2, 0.25) is 0 Å². The van der Waals surface area contributed by atoms with Gasteiger partial charge in [0.2, 0.25) is 5.91 Å². The predicted octanol–water partition coefficient (Wildman–Crippen LogP) is 3.03. The van der Waals surface area contributed by atoms with Crippen molar-refractivity contribution in [3.05, 3.63) is 59.2 Å². The molecule has 0 aromatic heterocycles. The van der Waals surface area contributed by atoms with Gasteiger partial charge in [0.1, 0.15) is 17.7 Å². The number of carbonyl (C=O) groups is 2. The molecule has 3 rings (SSSR count). The average Bonchev–Trinajstić information content (AvgIpc) is 3.04. The highest BCUT2D eigenvalue weighted by atomic mass is 19.1. The first-order valence-corrected chi connectivity index (χ1v) is 8.05. The van der Waals surface area contributed by atoms with Crippen LogP contribution in [0.25, 0.3) is 11.1 Å². The lowest BCUT2D eigenvalue weighted by Gasteiger charge is -2.22. The summed E-state index contributed by atoms with van der Waals surface area (Å²) in [4.78, 5) is 25.4. The minimum absolute atomic E-state index is 0.161. The van der Waals surface area contributed by atoms with Gasteiger partial charge in [0.15, 0.2) is 0 Å². The molecular weight excluding hydrogens is 326 g/mol. The Morgan fingerprint density at radius 1 is 1.12 bits per heavy atom. The summed E-state index contributed by atoms with van der Waals surface area (Å²) in [7, 11) is 0. The van der Waals surface area contributed by atoms with Gasteiger partial charge in [0.25, 0.3) is 5.91 Å². The lowest BCUT2D eigenvalue weighted by Crippen LogP contribution is -2.43. The van der Waals surface area contributed by atoms with Crippen LogP contribution in [-0.4, -0.2) is 29.3 Å². The molecule has 2 aromatic rings. The summed E-state index contributed by atoms with van der Waals surface area (Å²) in [6, 6.07) is 7.62. The maximum absolute atomic E-state index is 14.6. The highest BCUT2D eigenvalue weighted by Crippen LogP contribution is 2.28. The Bertz CT molecular complexity index is 851. The molecule has 4 nitrogen and oxygen atoms in total. The van der Waals surface area contributed by atoms with Gasteiger partial charge in [-0.3, -0.25) is 9.59 Å². The summed E-state index contributed by atoms with van der Waals surface area (Å²) in [5, 5.41) is 0. The highest BCUT2D eigenvalue weighted by Gasteiger charge is 2.33. The molecule has 0 unspecified atom stereocenters. The Balaban J connectivity index is 1.92. The second-order valence-electron chi connectivity index (χ2n) is 6.21. The SMILES string of the molecule is Cc1cc(F)ccc1-c1ccc(C(=O)N2CCC[C@@H]2C(N)=O)cc1F. The monoisotopic (exact) mass is 344 g/mol. The molecule has 130 valence electrons. The van der Waals surface area contributed by atoms with Crippen molar-refractivity contribution >= 4 is 11.8 Å². The first-order valence-electron chi connectivity index (χ1n) is 8.05. The fourth-order valence-electron chi connectivity index (χ4n) is 3.27. The van der Waals surface area contributed by atoms with Crippen molar-refractivity contribution < 1.29 is 18.4 Å². The van der Waals surface area contributed by atoms with Gasteiger partial charge in [0.05, 0.1) is 0 Å². The molecular formula is C19H18F2N2O2. The van der Waals surface area contributed by atoms with Crippen LogP contribution < -0.4 is 5.73 Å². The molecule has 1 atom stereocenters. The van der Waals surface area contributed by atoms with Crippen LogP contribution >= 0.6 is 0 Å². The Morgan fingerprint density at radius 2 is 1.84 bits per heavy atom. The first kappa shape index (κ1) is 17.1. The molecule has 0 bridgehead atoms. The third kappa shape index (κ3) is 3.24. The molecule has 2 amide bonds. The fourth-order valence-corrected chi connectivity index (χ4v) is 3.27. The van der Waals surface area contributed by atoms with Crippen molar-refractivity contribution in [1.82, 2.24) is 4.90 Å². The molecule has 0 aliphatic carbocycles. The van der Waals surface area contributed by atoms with Gasteiger partial charge in [-0.05, 0) is 55.2 Å². The van der Waals surface area contributed by atoms with E-state index in [2.05, 4.69) is 0 Å². The number of halogens is 2. The first-order chi connectivity index (χ1) is 11.9. The zero-order valence-electron chi connectivity index (χ0n) is 13.8. The molecule has 0 spiro atoms. The van der Waals surface area contributed by atoms with E-state index in [0.29, 0.717) is 36.1 Å². The fraction of sp³-hybridized carbons (Fsp3) is 0.263. The van der Waals surface area contributed by atoms with Crippen LogP contribution in [0.1, 0.15) is 28.8 Å². The largest absolute Gasteiger partial charge is 0.368 e. The number of amides is 2. The van der Waals surface area contributed by atoms with Crippen molar-refractivity contribution in [1.29, 1.82) is 0 Å². The van der Waals surface area contributed by atoms with Crippen molar-refractivity contribution in [2.45, 2.75) is 25.8 Å². The van der Waals surface area contributed by atoms with Gasteiger partial charge >= 0.3 is 0 Å². The van der Waals surface area contributed by atoms with Gasteiger partial charge in [0, 0.05) is 17.7 Å². The van der Waals surface area contributed by atoms with E-state index in [9.17, 15) is 18.4 Å². The van der Waals surface area contributed by atoms with Gasteiger partial charge in [-0.1, -0.05) is 12.1 Å². The standard InChI is InChI=1S/C19H18F2N2O2/c1-11-9-13(20)5-7-14(11)15-6-4-12(10-16(15)21)19(25)23-8-2-3-17(23)18(22)24/h4-7,9-10,17H,2-3,8H2,1H3,(H2,22,24)/t17-/m1/s1. The van der Waals surface area contributed by atoms with E-state index in [0.717, 1.165) is 6.07 Å². The van der Waals surface area contributed by atoms with E-state index >= 15 is 0 Å². The molecule has 2 N–H and O–H groups in total. The summed E-state index contributed by atoms with van der Waals surface area (Å²) in [6.45, 7) is 2.12. The Kier molecular flexibility index (Phi) is 4.53. The van der Waals surface area contributed by atoms with Crippen LogP contribution in [0.5, 0.6) is 0 Å². The van der Waals surface area contributed by atoms with E-state index < -0.39 is 23.7 Å². The van der Waals surface area contributed by atoms with Crippen LogP contribution in [-0.2, 0) is 4.79 Å². The number of aryl methyl sites for hydroxylation is 1. The van der Waals surface area contributed by atoms with E-state index in [1.807, 2.05) is 0 Å². The molecule has 2 aromatic carbocycles. The summed E-state index contributed by atoms with van der Waals surface area (Å²) >= 11 is 0. The summed E-state index contributed by atoms with van der Waals surface area (Å²) < 4.78 is 27.8. The Morgan fingerprint density at radius 3 is 2.48 bits per heavy atom. The molecule has 1 aliphatic heterocycles. The number of primary amides is 1. The number of carbonyl (C=O) groups excluding carboxylic acids is 2. The topological polar surface area (TPSA) is 63.4 Å². The van der Waals surface area contributed by atoms with Crippen LogP contribution in [0.4, 0.5) is 8.78 Å². The lowest BCUT2D eigenvalue weighted by molar-refractivity contribution is -0.121. The van der Waals surface area contributed by atoms with E-state index in [1.54, 1.807) is 6.92 Å². The number of rotatable bonds is 3. The molecule has 25 heavy (non-hydrogen) atoms. The van der Waals surface area contributed by atoms with Gasteiger partial charge in [-0.15, -0.1) is 0 Å². The molecule has 0 radical (unpaired) electrons. The normalized spacial score (nSPS) is 16.9. The van der Waals surface area contributed by atoms with Crippen LogP contribution in [0.15, 0.2) is 36.4 Å². The Labute approximate surface area is 144 Å². The maximum atomic E-state index is 14.6. The molecule has 6 heteroatoms. The van der Waals surface area contributed by atoms with Crippen molar-refractivity contribution in [3.8, 4) is 11.1 Å². The zero-order chi connectivity index (χ0) is 18.1. The van der Waals surface area contributed by atoms with Crippen molar-refractivity contribution in [2.75, 3.05) is 6.54 Å². The number of hydrogen-bond acceptors (Lipinski definition) is 2.